The number of nitrogens with one attached hydrogen (secondary N) is 2. The third-order valence-electron chi connectivity index (χ3n) is 9.47. The van der Waals surface area contributed by atoms with E-state index < -0.39 is 0 Å². The third kappa shape index (κ3) is 7.74. The zero-order valence-electron chi connectivity index (χ0n) is 25.9. The van der Waals surface area contributed by atoms with Crippen LogP contribution >= 0.6 is 0 Å². The Kier molecular flexibility index (Phi) is 10.5. The minimum atomic E-state index is -0.272. The van der Waals surface area contributed by atoms with Gasteiger partial charge in [-0.05, 0) is 56.0 Å². The van der Waals surface area contributed by atoms with E-state index in [0.717, 1.165) is 76.9 Å². The van der Waals surface area contributed by atoms with Crippen LogP contribution in [0, 0.1) is 5.92 Å². The number of anilines is 1. The van der Waals surface area contributed by atoms with Gasteiger partial charge in [0.2, 0.25) is 12.3 Å². The van der Waals surface area contributed by atoms with Crippen molar-refractivity contribution in [2.45, 2.75) is 63.5 Å². The lowest BCUT2D eigenvalue weighted by Gasteiger charge is -2.44. The van der Waals surface area contributed by atoms with Crippen molar-refractivity contribution in [2.24, 2.45) is 17.4 Å². The lowest BCUT2D eigenvalue weighted by atomic mass is 9.95. The van der Waals surface area contributed by atoms with Crippen LogP contribution in [-0.4, -0.2) is 84.9 Å². The molecule has 2 saturated heterocycles. The summed E-state index contributed by atoms with van der Waals surface area (Å²) in [6, 6.07) is 9.18. The van der Waals surface area contributed by atoms with Gasteiger partial charge in [0.25, 0.3) is 5.91 Å². The number of nitrogens with two attached hydrogens (primary N) is 2. The van der Waals surface area contributed by atoms with Crippen molar-refractivity contribution < 1.29 is 14.4 Å². The SMILES string of the molecule is CN(CCC(=O)NC=O)c1cccc2c1ccn2C1CCN(CC2CN(/C(N)=C/C=C(\N)C(=O)NC3CCCCC3)C2)CC1. The van der Waals surface area contributed by atoms with Crippen molar-refractivity contribution in [3.63, 3.8) is 0 Å². The van der Waals surface area contributed by atoms with Gasteiger partial charge in [0.15, 0.2) is 0 Å². The van der Waals surface area contributed by atoms with E-state index in [1.54, 1.807) is 12.2 Å². The zero-order chi connectivity index (χ0) is 31.1. The number of allylic oxidation sites excluding steroid dienone is 2. The predicted molar refractivity (Wildman–Crippen MR) is 173 cm³/mol. The number of carbonyl (C=O) groups excluding carboxylic acids is 3. The van der Waals surface area contributed by atoms with Crippen molar-refractivity contribution >= 4 is 34.8 Å². The fraction of sp³-hybridized carbons (Fsp3) is 0.545. The van der Waals surface area contributed by atoms with Gasteiger partial charge >= 0.3 is 0 Å². The summed E-state index contributed by atoms with van der Waals surface area (Å²) < 4.78 is 2.41. The number of nitrogens with zero attached hydrogens (tertiary/aromatic N) is 4. The van der Waals surface area contributed by atoms with Crippen molar-refractivity contribution in [3.05, 3.63) is 54.1 Å². The van der Waals surface area contributed by atoms with E-state index in [2.05, 4.69) is 60.4 Å². The molecule has 3 fully saturated rings. The van der Waals surface area contributed by atoms with E-state index in [4.69, 9.17) is 11.5 Å². The molecule has 1 aromatic heterocycles. The number of benzene rings is 1. The van der Waals surface area contributed by atoms with Crippen LogP contribution in [0.3, 0.4) is 0 Å². The van der Waals surface area contributed by atoms with E-state index in [1.807, 2.05) is 7.05 Å². The number of aromatic nitrogens is 1. The molecule has 0 radical (unpaired) electrons. The van der Waals surface area contributed by atoms with Gasteiger partial charge in [-0.2, -0.15) is 0 Å². The lowest BCUT2D eigenvalue weighted by Crippen LogP contribution is -2.53. The number of amides is 3. The molecule has 1 aromatic carbocycles. The molecule has 0 spiro atoms. The molecule has 2 aromatic rings. The van der Waals surface area contributed by atoms with Gasteiger partial charge in [-0.15, -0.1) is 0 Å². The first-order chi connectivity index (χ1) is 21.3. The molecule has 0 atom stereocenters. The monoisotopic (exact) mass is 604 g/mol. The van der Waals surface area contributed by atoms with E-state index in [1.165, 1.54) is 17.3 Å². The fourth-order valence-corrected chi connectivity index (χ4v) is 6.86. The standard InChI is InChI=1S/C33H48N8O3/c1-38(16-15-32(43)36-23-42)29-8-5-9-30-27(29)14-19-41(30)26-12-17-39(18-13-26)20-24-21-40(22-24)31(35)11-10-28(34)33(44)37-25-6-3-2-4-7-25/h5,8-11,14,19,23-26H,2-4,6-7,12-13,15-18,20-22,34-35H2,1H3,(H,37,44)(H,36,42,43)/b28-10-,31-11+. The zero-order valence-corrected chi connectivity index (χ0v) is 25.9. The normalized spacial score (nSPS) is 19.5. The van der Waals surface area contributed by atoms with Crippen LogP contribution in [0.2, 0.25) is 0 Å². The second kappa shape index (κ2) is 14.7. The van der Waals surface area contributed by atoms with Crippen LogP contribution in [0.15, 0.2) is 54.1 Å². The van der Waals surface area contributed by atoms with E-state index in [9.17, 15) is 14.4 Å². The molecular weight excluding hydrogens is 556 g/mol. The quantitative estimate of drug-likeness (QED) is 0.164. The number of hydrogen-bond donors (Lipinski definition) is 4. The fourth-order valence-electron chi connectivity index (χ4n) is 6.86. The van der Waals surface area contributed by atoms with Crippen molar-refractivity contribution in [3.8, 4) is 0 Å². The van der Waals surface area contributed by atoms with Gasteiger partial charge in [-0.3, -0.25) is 19.7 Å². The molecule has 44 heavy (non-hydrogen) atoms. The third-order valence-corrected chi connectivity index (χ3v) is 9.47. The number of hydrogen-bond acceptors (Lipinski definition) is 8. The summed E-state index contributed by atoms with van der Waals surface area (Å²) >= 11 is 0. The Balaban J connectivity index is 1.06. The maximum absolute atomic E-state index is 12.4. The highest BCUT2D eigenvalue weighted by atomic mass is 16.2. The Hall–Kier alpha value is -3.99. The van der Waals surface area contributed by atoms with Crippen molar-refractivity contribution in [1.82, 2.24) is 25.0 Å². The second-order valence-electron chi connectivity index (χ2n) is 12.6. The highest BCUT2D eigenvalue weighted by Crippen LogP contribution is 2.33. The van der Waals surface area contributed by atoms with E-state index in [-0.39, 0.29) is 30.0 Å². The number of imide groups is 1. The minimum Gasteiger partial charge on any atom is -0.394 e. The van der Waals surface area contributed by atoms with Crippen LogP contribution in [0.4, 0.5) is 5.69 Å². The summed E-state index contributed by atoms with van der Waals surface area (Å²) in [5, 5.41) is 6.43. The van der Waals surface area contributed by atoms with Crippen LogP contribution in [0.1, 0.15) is 57.4 Å². The molecule has 0 unspecified atom stereocenters. The first-order valence-corrected chi connectivity index (χ1v) is 16.1. The summed E-state index contributed by atoms with van der Waals surface area (Å²) in [5.74, 6) is 0.756. The molecule has 3 heterocycles. The van der Waals surface area contributed by atoms with Gasteiger partial charge < -0.3 is 36.1 Å². The topological polar surface area (TPSA) is 142 Å². The molecule has 2 aliphatic heterocycles. The Labute approximate surface area is 260 Å². The Morgan fingerprint density at radius 3 is 2.50 bits per heavy atom. The average molecular weight is 605 g/mol. The summed E-state index contributed by atoms with van der Waals surface area (Å²) in [4.78, 5) is 41.4. The summed E-state index contributed by atoms with van der Waals surface area (Å²) in [6.45, 7) is 5.56. The minimum absolute atomic E-state index is 0.204. The van der Waals surface area contributed by atoms with Crippen molar-refractivity contribution in [2.75, 3.05) is 51.2 Å². The van der Waals surface area contributed by atoms with E-state index >= 15 is 0 Å². The summed E-state index contributed by atoms with van der Waals surface area (Å²) in [6.07, 6.45) is 14.1. The molecule has 11 nitrogen and oxygen atoms in total. The van der Waals surface area contributed by atoms with Crippen LogP contribution in [-0.2, 0) is 14.4 Å². The van der Waals surface area contributed by atoms with Gasteiger partial charge in [0.1, 0.15) is 0 Å². The van der Waals surface area contributed by atoms with Crippen LogP contribution < -0.4 is 27.0 Å². The largest absolute Gasteiger partial charge is 0.394 e. The molecule has 11 heteroatoms. The van der Waals surface area contributed by atoms with Gasteiger partial charge in [-0.25, -0.2) is 0 Å². The second-order valence-corrected chi connectivity index (χ2v) is 12.6. The summed E-state index contributed by atoms with van der Waals surface area (Å²) in [7, 11) is 1.98. The molecular formula is C33H48N8O3. The number of fused-ring (bicyclic) bond motifs is 1. The maximum atomic E-state index is 12.4. The molecule has 3 amide bonds. The number of rotatable bonds is 12. The first kappa shape index (κ1) is 31.4. The first-order valence-electron chi connectivity index (χ1n) is 16.1. The van der Waals surface area contributed by atoms with Crippen molar-refractivity contribution in [1.29, 1.82) is 0 Å². The van der Waals surface area contributed by atoms with E-state index in [0.29, 0.717) is 30.7 Å². The Morgan fingerprint density at radius 1 is 1.02 bits per heavy atom. The number of piperidine rings is 1. The Bertz CT molecular complexity index is 1360. The molecule has 5 rings (SSSR count). The number of likely N-dealkylation sites (tertiary alicyclic amines) is 2. The van der Waals surface area contributed by atoms with Crippen LogP contribution in [0.5, 0.6) is 0 Å². The Morgan fingerprint density at radius 2 is 1.77 bits per heavy atom. The molecule has 238 valence electrons. The van der Waals surface area contributed by atoms with Gasteiger partial charge in [-0.1, -0.05) is 25.3 Å². The highest BCUT2D eigenvalue weighted by molar-refractivity contribution is 5.94. The average Bonchev–Trinajstić information content (AvgIpc) is 3.45. The maximum Gasteiger partial charge on any atom is 0.267 e. The molecule has 0 bridgehead atoms. The lowest BCUT2D eigenvalue weighted by molar-refractivity contribution is -0.125. The number of carbonyl (C=O) groups is 3. The van der Waals surface area contributed by atoms with Gasteiger partial charge in [0.05, 0.1) is 17.0 Å². The smallest absolute Gasteiger partial charge is 0.267 e. The molecule has 1 saturated carbocycles. The highest BCUT2D eigenvalue weighted by Gasteiger charge is 2.31. The van der Waals surface area contributed by atoms with Crippen LogP contribution in [0.25, 0.3) is 10.9 Å². The predicted octanol–water partition coefficient (Wildman–Crippen LogP) is 2.40. The molecule has 6 N–H and O–H groups in total. The molecule has 1 aliphatic carbocycles. The summed E-state index contributed by atoms with van der Waals surface area (Å²) in [5.41, 5.74) is 14.8. The van der Waals surface area contributed by atoms with Gasteiger partial charge in [0, 0.05) is 88.0 Å². The molecule has 3 aliphatic rings.